The van der Waals surface area contributed by atoms with Crippen molar-refractivity contribution in [2.45, 2.75) is 13.1 Å². The van der Waals surface area contributed by atoms with Gasteiger partial charge in [-0.1, -0.05) is 54.6 Å². The van der Waals surface area contributed by atoms with E-state index in [1.807, 2.05) is 47.2 Å². The maximum atomic E-state index is 13.7. The van der Waals surface area contributed by atoms with Gasteiger partial charge in [0.15, 0.2) is 0 Å². The SMILES string of the molecule is O=C(C=Cc1c(F)cccc1F)NCc1ccccc1-c1ccc(Cn2ccnc2)cc1. The average molecular weight is 429 g/mol. The molecule has 1 aromatic heterocycles. The molecule has 1 amide bonds. The van der Waals surface area contributed by atoms with Gasteiger partial charge in [-0.15, -0.1) is 0 Å². The Kier molecular flexibility index (Phi) is 6.51. The monoisotopic (exact) mass is 429 g/mol. The Morgan fingerprint density at radius 2 is 1.72 bits per heavy atom. The van der Waals surface area contributed by atoms with Crippen LogP contribution in [0.1, 0.15) is 16.7 Å². The Bertz CT molecular complexity index is 1210. The van der Waals surface area contributed by atoms with Gasteiger partial charge < -0.3 is 9.88 Å². The summed E-state index contributed by atoms with van der Waals surface area (Å²) in [5.74, 6) is -1.86. The fourth-order valence-corrected chi connectivity index (χ4v) is 3.41. The van der Waals surface area contributed by atoms with Gasteiger partial charge in [0.25, 0.3) is 0 Å². The van der Waals surface area contributed by atoms with E-state index >= 15 is 0 Å². The molecule has 1 N–H and O–H groups in total. The predicted octanol–water partition coefficient (Wildman–Crippen LogP) is 5.21. The van der Waals surface area contributed by atoms with E-state index in [1.54, 1.807) is 12.5 Å². The van der Waals surface area contributed by atoms with E-state index in [9.17, 15) is 13.6 Å². The maximum absolute atomic E-state index is 13.7. The zero-order valence-electron chi connectivity index (χ0n) is 17.2. The summed E-state index contributed by atoms with van der Waals surface area (Å²) in [5.41, 5.74) is 3.90. The van der Waals surface area contributed by atoms with Gasteiger partial charge in [0.1, 0.15) is 11.6 Å². The van der Waals surface area contributed by atoms with Gasteiger partial charge in [-0.25, -0.2) is 13.8 Å². The highest BCUT2D eigenvalue weighted by atomic mass is 19.1. The number of nitrogens with one attached hydrogen (secondary N) is 1. The number of nitrogens with zero attached hydrogens (tertiary/aromatic N) is 2. The lowest BCUT2D eigenvalue weighted by atomic mass is 9.98. The molecule has 3 aromatic carbocycles. The van der Waals surface area contributed by atoms with Crippen molar-refractivity contribution in [1.29, 1.82) is 0 Å². The van der Waals surface area contributed by atoms with Crippen molar-refractivity contribution in [2.75, 3.05) is 0 Å². The van der Waals surface area contributed by atoms with E-state index in [1.165, 1.54) is 6.07 Å². The number of amides is 1. The van der Waals surface area contributed by atoms with Crippen molar-refractivity contribution in [2.24, 2.45) is 0 Å². The lowest BCUT2D eigenvalue weighted by molar-refractivity contribution is -0.116. The highest BCUT2D eigenvalue weighted by molar-refractivity contribution is 5.91. The molecule has 4 rings (SSSR count). The number of benzene rings is 3. The molecule has 0 spiro atoms. The summed E-state index contributed by atoms with van der Waals surface area (Å²) in [5, 5.41) is 2.78. The van der Waals surface area contributed by atoms with E-state index in [0.29, 0.717) is 0 Å². The van der Waals surface area contributed by atoms with E-state index in [4.69, 9.17) is 0 Å². The van der Waals surface area contributed by atoms with Gasteiger partial charge in [-0.2, -0.15) is 0 Å². The predicted molar refractivity (Wildman–Crippen MR) is 120 cm³/mol. The molecule has 0 aliphatic rings. The van der Waals surface area contributed by atoms with Crippen LogP contribution in [0.25, 0.3) is 17.2 Å². The molecule has 0 fully saturated rings. The summed E-state index contributed by atoms with van der Waals surface area (Å²) in [6, 6.07) is 19.6. The van der Waals surface area contributed by atoms with Crippen LogP contribution in [-0.2, 0) is 17.9 Å². The molecule has 0 unspecified atom stereocenters. The van der Waals surface area contributed by atoms with Crippen LogP contribution in [0.2, 0.25) is 0 Å². The molecule has 160 valence electrons. The molecule has 32 heavy (non-hydrogen) atoms. The van der Waals surface area contributed by atoms with E-state index < -0.39 is 17.5 Å². The second kappa shape index (κ2) is 9.83. The first-order valence-electron chi connectivity index (χ1n) is 10.1. The summed E-state index contributed by atoms with van der Waals surface area (Å²) in [4.78, 5) is 16.3. The molecule has 0 aliphatic carbocycles. The Morgan fingerprint density at radius 1 is 0.969 bits per heavy atom. The van der Waals surface area contributed by atoms with Crippen molar-refractivity contribution in [1.82, 2.24) is 14.9 Å². The lowest BCUT2D eigenvalue weighted by Gasteiger charge is -2.11. The summed E-state index contributed by atoms with van der Waals surface area (Å²) < 4.78 is 29.4. The minimum atomic E-state index is -0.712. The van der Waals surface area contributed by atoms with Crippen molar-refractivity contribution >= 4 is 12.0 Å². The highest BCUT2D eigenvalue weighted by Gasteiger charge is 2.08. The summed E-state index contributed by atoms with van der Waals surface area (Å²) in [6.45, 7) is 1.03. The fraction of sp³-hybridized carbons (Fsp3) is 0.0769. The number of aromatic nitrogens is 2. The Labute approximate surface area is 184 Å². The van der Waals surface area contributed by atoms with E-state index in [-0.39, 0.29) is 12.1 Å². The van der Waals surface area contributed by atoms with Gasteiger partial charge in [0.05, 0.1) is 6.33 Å². The van der Waals surface area contributed by atoms with Gasteiger partial charge in [-0.3, -0.25) is 4.79 Å². The number of hydrogen-bond donors (Lipinski definition) is 1. The number of carbonyl (C=O) groups excluding carboxylic acids is 1. The van der Waals surface area contributed by atoms with Crippen molar-refractivity contribution in [3.63, 3.8) is 0 Å². The van der Waals surface area contributed by atoms with Gasteiger partial charge in [0, 0.05) is 37.1 Å². The first-order chi connectivity index (χ1) is 15.6. The molecule has 0 bridgehead atoms. The number of rotatable bonds is 7. The second-order valence-corrected chi connectivity index (χ2v) is 7.28. The third-order valence-corrected chi connectivity index (χ3v) is 5.06. The van der Waals surface area contributed by atoms with E-state index in [2.05, 4.69) is 22.4 Å². The number of carbonyl (C=O) groups is 1. The molecule has 0 saturated heterocycles. The number of hydrogen-bond acceptors (Lipinski definition) is 2. The van der Waals surface area contributed by atoms with Crippen LogP contribution < -0.4 is 5.32 Å². The molecule has 4 nitrogen and oxygen atoms in total. The largest absolute Gasteiger partial charge is 0.348 e. The topological polar surface area (TPSA) is 46.9 Å². The highest BCUT2D eigenvalue weighted by Crippen LogP contribution is 2.24. The Balaban J connectivity index is 1.43. The van der Waals surface area contributed by atoms with E-state index in [0.717, 1.165) is 53.1 Å². The van der Waals surface area contributed by atoms with Gasteiger partial charge in [0.2, 0.25) is 5.91 Å². The van der Waals surface area contributed by atoms with Crippen LogP contribution in [-0.4, -0.2) is 15.5 Å². The molecular weight excluding hydrogens is 408 g/mol. The number of halogens is 2. The summed E-state index contributed by atoms with van der Waals surface area (Å²) >= 11 is 0. The van der Waals surface area contributed by atoms with Crippen LogP contribution in [0.15, 0.2) is 91.5 Å². The Hall–Kier alpha value is -4.06. The Morgan fingerprint density at radius 3 is 2.44 bits per heavy atom. The lowest BCUT2D eigenvalue weighted by Crippen LogP contribution is -2.20. The molecular formula is C26H21F2N3O. The first kappa shape index (κ1) is 21.2. The minimum Gasteiger partial charge on any atom is -0.348 e. The van der Waals surface area contributed by atoms with Crippen LogP contribution >= 0.6 is 0 Å². The molecule has 6 heteroatoms. The van der Waals surface area contributed by atoms with Gasteiger partial charge >= 0.3 is 0 Å². The zero-order chi connectivity index (χ0) is 22.3. The maximum Gasteiger partial charge on any atom is 0.244 e. The fourth-order valence-electron chi connectivity index (χ4n) is 3.41. The summed E-state index contributed by atoms with van der Waals surface area (Å²) in [7, 11) is 0. The van der Waals surface area contributed by atoms with Crippen molar-refractivity contribution < 1.29 is 13.6 Å². The standard InChI is InChI=1S/C26H21F2N3O/c27-24-6-3-7-25(28)23(24)12-13-26(32)30-16-21-4-1-2-5-22(21)20-10-8-19(9-11-20)17-31-15-14-29-18-31/h1-15,18H,16-17H2,(H,30,32). The molecule has 4 aromatic rings. The number of imidazole rings is 1. The molecule has 0 saturated carbocycles. The third kappa shape index (κ3) is 5.16. The molecule has 0 radical (unpaired) electrons. The normalized spacial score (nSPS) is 11.1. The van der Waals surface area contributed by atoms with Crippen LogP contribution in [0, 0.1) is 11.6 Å². The van der Waals surface area contributed by atoms with Crippen molar-refractivity contribution in [3.8, 4) is 11.1 Å². The average Bonchev–Trinajstić information content (AvgIpc) is 3.31. The first-order valence-corrected chi connectivity index (χ1v) is 10.1. The molecule has 0 atom stereocenters. The van der Waals surface area contributed by atoms with Crippen LogP contribution in [0.5, 0.6) is 0 Å². The third-order valence-electron chi connectivity index (χ3n) is 5.06. The molecule has 0 aliphatic heterocycles. The second-order valence-electron chi connectivity index (χ2n) is 7.28. The smallest absolute Gasteiger partial charge is 0.244 e. The quantitative estimate of drug-likeness (QED) is 0.410. The van der Waals surface area contributed by atoms with Crippen molar-refractivity contribution in [3.05, 3.63) is 120 Å². The van der Waals surface area contributed by atoms with Crippen LogP contribution in [0.3, 0.4) is 0 Å². The van der Waals surface area contributed by atoms with Crippen LogP contribution in [0.4, 0.5) is 8.78 Å². The molecule has 1 heterocycles. The minimum absolute atomic E-state index is 0.237. The zero-order valence-corrected chi connectivity index (χ0v) is 17.2. The summed E-state index contributed by atoms with van der Waals surface area (Å²) in [6.07, 6.45) is 7.72. The van der Waals surface area contributed by atoms with Gasteiger partial charge in [-0.05, 0) is 40.5 Å².